The van der Waals surface area contributed by atoms with Crippen LogP contribution < -0.4 is 10.5 Å². The number of aryl methyl sites for hydroxylation is 1. The fraction of sp³-hybridized carbons (Fsp3) is 0.333. The molecule has 0 radical (unpaired) electrons. The van der Waals surface area contributed by atoms with Gasteiger partial charge in [-0.25, -0.2) is 9.31 Å². The number of hydrogen-bond donors (Lipinski definition) is 1. The number of aromatic nitrogens is 2. The first-order valence-corrected chi connectivity index (χ1v) is 10.6. The van der Waals surface area contributed by atoms with E-state index in [0.717, 1.165) is 23.4 Å². The van der Waals surface area contributed by atoms with Gasteiger partial charge >= 0.3 is 5.97 Å². The zero-order valence-electron chi connectivity index (χ0n) is 18.5. The molecule has 0 bridgehead atoms. The molecule has 0 spiro atoms. The fourth-order valence-electron chi connectivity index (χ4n) is 3.66. The molecule has 0 aliphatic rings. The average Bonchev–Trinajstić information content (AvgIpc) is 3.04. The predicted molar refractivity (Wildman–Crippen MR) is 119 cm³/mol. The zero-order chi connectivity index (χ0) is 23.3. The lowest BCUT2D eigenvalue weighted by molar-refractivity contribution is -0.145. The van der Waals surface area contributed by atoms with Crippen molar-refractivity contribution in [3.8, 4) is 5.75 Å². The van der Waals surface area contributed by atoms with Crippen molar-refractivity contribution in [3.63, 3.8) is 0 Å². The van der Waals surface area contributed by atoms with Crippen LogP contribution in [0.15, 0.2) is 36.4 Å². The topological polar surface area (TPSA) is 113 Å². The van der Waals surface area contributed by atoms with Crippen LogP contribution in [0.2, 0.25) is 0 Å². The molecular weight excluding hydrogens is 410 g/mol. The SMILES string of the molecule is CCCc1cc(OCC(=O)OCC)c2c(C(=O)C(N)=O)c(C)c(Cc3ccccc3)n2n1. The Labute approximate surface area is 186 Å². The van der Waals surface area contributed by atoms with E-state index < -0.39 is 17.7 Å². The normalized spacial score (nSPS) is 10.8. The van der Waals surface area contributed by atoms with Crippen molar-refractivity contribution in [1.82, 2.24) is 9.61 Å². The predicted octanol–water partition coefficient (Wildman–Crippen LogP) is 2.80. The Morgan fingerprint density at radius 2 is 1.84 bits per heavy atom. The van der Waals surface area contributed by atoms with Gasteiger partial charge in [-0.15, -0.1) is 0 Å². The monoisotopic (exact) mass is 437 g/mol. The van der Waals surface area contributed by atoms with Crippen molar-refractivity contribution in [2.75, 3.05) is 13.2 Å². The van der Waals surface area contributed by atoms with Gasteiger partial charge in [0.1, 0.15) is 11.3 Å². The Kier molecular flexibility index (Phi) is 7.25. The number of fused-ring (bicyclic) bond motifs is 1. The van der Waals surface area contributed by atoms with Crippen LogP contribution in [0.5, 0.6) is 5.75 Å². The van der Waals surface area contributed by atoms with E-state index in [0.29, 0.717) is 23.9 Å². The summed E-state index contributed by atoms with van der Waals surface area (Å²) in [6.45, 7) is 5.39. The molecule has 0 unspecified atom stereocenters. The number of hydrogen-bond acceptors (Lipinski definition) is 6. The van der Waals surface area contributed by atoms with Crippen LogP contribution in [0.1, 0.15) is 53.1 Å². The number of ketones is 1. The molecule has 0 aliphatic carbocycles. The van der Waals surface area contributed by atoms with Gasteiger partial charge in [-0.05, 0) is 31.4 Å². The lowest BCUT2D eigenvalue weighted by Crippen LogP contribution is -2.24. The molecular formula is C24H27N3O5. The number of Topliss-reactive ketones (excluding diaryl/α,β-unsaturated/α-hetero) is 1. The fourth-order valence-corrected chi connectivity index (χ4v) is 3.66. The number of nitrogens with two attached hydrogens (primary N) is 1. The third-order valence-electron chi connectivity index (χ3n) is 5.09. The maximum Gasteiger partial charge on any atom is 0.344 e. The number of ether oxygens (including phenoxy) is 2. The molecule has 0 fully saturated rings. The summed E-state index contributed by atoms with van der Waals surface area (Å²) >= 11 is 0. The summed E-state index contributed by atoms with van der Waals surface area (Å²) in [5.74, 6) is -2.15. The number of primary amides is 1. The van der Waals surface area contributed by atoms with Crippen molar-refractivity contribution in [2.45, 2.75) is 40.0 Å². The molecule has 168 valence electrons. The summed E-state index contributed by atoms with van der Waals surface area (Å²) in [4.78, 5) is 36.5. The van der Waals surface area contributed by atoms with Gasteiger partial charge in [-0.1, -0.05) is 43.7 Å². The highest BCUT2D eigenvalue weighted by Crippen LogP contribution is 2.32. The number of rotatable bonds is 10. The summed E-state index contributed by atoms with van der Waals surface area (Å²) in [6.07, 6.45) is 2.00. The molecule has 3 rings (SSSR count). The van der Waals surface area contributed by atoms with Gasteiger partial charge in [-0.3, -0.25) is 9.59 Å². The standard InChI is InChI=1S/C24H27N3O5/c1-4-9-17-13-19(32-14-20(28)31-5-2)22-21(23(29)24(25)30)15(3)18(27(22)26-17)12-16-10-7-6-8-11-16/h6-8,10-11,13H,4-5,9,12,14H2,1-3H3,(H2,25,30). The van der Waals surface area contributed by atoms with Gasteiger partial charge in [-0.2, -0.15) is 5.10 Å². The number of amides is 1. The van der Waals surface area contributed by atoms with E-state index in [1.54, 1.807) is 24.4 Å². The highest BCUT2D eigenvalue weighted by Gasteiger charge is 2.28. The molecule has 0 atom stereocenters. The average molecular weight is 437 g/mol. The minimum atomic E-state index is -1.07. The van der Waals surface area contributed by atoms with Crippen molar-refractivity contribution in [1.29, 1.82) is 0 Å². The van der Waals surface area contributed by atoms with E-state index >= 15 is 0 Å². The third kappa shape index (κ3) is 4.80. The molecule has 0 aliphatic heterocycles. The van der Waals surface area contributed by atoms with Gasteiger partial charge < -0.3 is 15.2 Å². The molecule has 8 nitrogen and oxygen atoms in total. The summed E-state index contributed by atoms with van der Waals surface area (Å²) in [6, 6.07) is 11.4. The van der Waals surface area contributed by atoms with Crippen LogP contribution in [-0.4, -0.2) is 40.5 Å². The zero-order valence-corrected chi connectivity index (χ0v) is 18.5. The van der Waals surface area contributed by atoms with Crippen molar-refractivity contribution in [2.24, 2.45) is 5.73 Å². The van der Waals surface area contributed by atoms with Crippen molar-refractivity contribution < 1.29 is 23.9 Å². The number of carbonyl (C=O) groups excluding carboxylic acids is 3. The first kappa shape index (κ1) is 23.0. The number of carbonyl (C=O) groups is 3. The lowest BCUT2D eigenvalue weighted by atomic mass is 10.0. The first-order valence-electron chi connectivity index (χ1n) is 10.6. The molecule has 1 aromatic carbocycles. The van der Waals surface area contributed by atoms with Gasteiger partial charge in [0.15, 0.2) is 6.61 Å². The number of nitrogens with zero attached hydrogens (tertiary/aromatic N) is 2. The van der Waals surface area contributed by atoms with Crippen LogP contribution in [0.25, 0.3) is 5.52 Å². The first-order chi connectivity index (χ1) is 15.4. The maximum atomic E-state index is 12.8. The summed E-state index contributed by atoms with van der Waals surface area (Å²) < 4.78 is 12.4. The van der Waals surface area contributed by atoms with E-state index in [1.165, 1.54) is 0 Å². The van der Waals surface area contributed by atoms with Crippen LogP contribution in [-0.2, 0) is 27.2 Å². The Balaban J connectivity index is 2.24. The molecule has 0 saturated heterocycles. The van der Waals surface area contributed by atoms with Crippen molar-refractivity contribution in [3.05, 3.63) is 64.5 Å². The largest absolute Gasteiger partial charge is 0.480 e. The number of benzene rings is 1. The molecule has 2 heterocycles. The second-order valence-electron chi connectivity index (χ2n) is 7.41. The second kappa shape index (κ2) is 10.1. The van der Waals surface area contributed by atoms with E-state index in [9.17, 15) is 14.4 Å². The van der Waals surface area contributed by atoms with E-state index in [-0.39, 0.29) is 24.5 Å². The minimum Gasteiger partial charge on any atom is -0.480 e. The Hall–Kier alpha value is -3.68. The van der Waals surface area contributed by atoms with Crippen LogP contribution in [0.3, 0.4) is 0 Å². The second-order valence-corrected chi connectivity index (χ2v) is 7.41. The third-order valence-corrected chi connectivity index (χ3v) is 5.09. The quantitative estimate of drug-likeness (QED) is 0.296. The van der Waals surface area contributed by atoms with Gasteiger partial charge in [0.25, 0.3) is 11.7 Å². The highest BCUT2D eigenvalue weighted by molar-refractivity contribution is 6.44. The van der Waals surface area contributed by atoms with E-state index in [2.05, 4.69) is 0 Å². The van der Waals surface area contributed by atoms with Gasteiger partial charge in [0.05, 0.1) is 23.6 Å². The van der Waals surface area contributed by atoms with E-state index in [4.69, 9.17) is 20.3 Å². The lowest BCUT2D eigenvalue weighted by Gasteiger charge is -2.12. The Bertz CT molecular complexity index is 1150. The maximum absolute atomic E-state index is 12.8. The molecule has 1 amide bonds. The smallest absolute Gasteiger partial charge is 0.344 e. The molecule has 0 saturated carbocycles. The van der Waals surface area contributed by atoms with E-state index in [1.807, 2.05) is 37.3 Å². The number of esters is 1. The minimum absolute atomic E-state index is 0.137. The highest BCUT2D eigenvalue weighted by atomic mass is 16.6. The molecule has 2 N–H and O–H groups in total. The summed E-state index contributed by atoms with van der Waals surface area (Å²) in [7, 11) is 0. The van der Waals surface area contributed by atoms with Crippen LogP contribution in [0.4, 0.5) is 0 Å². The molecule has 2 aromatic heterocycles. The van der Waals surface area contributed by atoms with Gasteiger partial charge in [0.2, 0.25) is 0 Å². The Morgan fingerprint density at radius 3 is 2.47 bits per heavy atom. The summed E-state index contributed by atoms with van der Waals surface area (Å²) in [5, 5.41) is 4.72. The molecule has 8 heteroatoms. The Morgan fingerprint density at radius 1 is 1.12 bits per heavy atom. The van der Waals surface area contributed by atoms with Crippen LogP contribution in [0, 0.1) is 6.92 Å². The molecule has 32 heavy (non-hydrogen) atoms. The van der Waals surface area contributed by atoms with Crippen LogP contribution >= 0.6 is 0 Å². The molecule has 3 aromatic rings. The summed E-state index contributed by atoms with van der Waals surface area (Å²) in [5.41, 5.74) is 8.90. The van der Waals surface area contributed by atoms with Gasteiger partial charge in [0, 0.05) is 12.5 Å². The van der Waals surface area contributed by atoms with Crippen molar-refractivity contribution >= 4 is 23.2 Å².